The monoisotopic (exact) mass is 678 g/mol. The third-order valence-corrected chi connectivity index (χ3v) is 10.3. The van der Waals surface area contributed by atoms with Crippen molar-refractivity contribution in [1.29, 1.82) is 0 Å². The molecule has 2 heterocycles. The van der Waals surface area contributed by atoms with Gasteiger partial charge in [-0.2, -0.15) is 10.2 Å². The maximum Gasteiger partial charge on any atom is 0.345 e. The molecule has 2 unspecified atom stereocenters. The van der Waals surface area contributed by atoms with Crippen LogP contribution >= 0.6 is 23.2 Å². The number of unbranched alkanes of at least 4 members (excludes halogenated alkanes) is 2. The van der Waals surface area contributed by atoms with Crippen LogP contribution in [0.25, 0.3) is 11.1 Å². The summed E-state index contributed by atoms with van der Waals surface area (Å²) < 4.78 is 29.8. The number of aromatic nitrogens is 2. The standard InChI is InChI=1S/C30H36Cl2N6O6S/c31-21-17-20(19-9-3-1-4-10-19)18-22(32)26(21)45(42,43)38-30(28(40)41,36-27(39)25-13-16-44-37-25)14-7-2-8-15-33-29-34-23-11-5-6-12-24(23)35-29/h1,3-4,9-10,17-18,25,37-38H,2,5-8,11-16H2,(H,36,39)(H,40,41)(H2,33,34,35). The summed E-state index contributed by atoms with van der Waals surface area (Å²) >= 11 is 12.9. The van der Waals surface area contributed by atoms with Crippen molar-refractivity contribution in [2.75, 3.05) is 18.5 Å². The van der Waals surface area contributed by atoms with Gasteiger partial charge in [0.05, 0.1) is 22.3 Å². The van der Waals surface area contributed by atoms with Gasteiger partial charge in [0, 0.05) is 12.2 Å². The van der Waals surface area contributed by atoms with Crippen molar-refractivity contribution in [3.63, 3.8) is 0 Å². The molecule has 1 aliphatic carbocycles. The summed E-state index contributed by atoms with van der Waals surface area (Å²) in [6, 6.07) is 11.1. The van der Waals surface area contributed by atoms with Crippen LogP contribution in [0.5, 0.6) is 0 Å². The molecular formula is C30H36Cl2N6O6S. The van der Waals surface area contributed by atoms with Gasteiger partial charge in [0.25, 0.3) is 0 Å². The number of H-pyrrole nitrogens is 1. The van der Waals surface area contributed by atoms with Gasteiger partial charge in [-0.25, -0.2) is 18.2 Å². The minimum absolute atomic E-state index is 0.198. The van der Waals surface area contributed by atoms with Crippen LogP contribution in [0.3, 0.4) is 0 Å². The first-order chi connectivity index (χ1) is 21.6. The van der Waals surface area contributed by atoms with Crippen LogP contribution in [0.1, 0.15) is 56.3 Å². The second kappa shape index (κ2) is 14.5. The predicted molar refractivity (Wildman–Crippen MR) is 170 cm³/mol. The normalized spacial score (nSPS) is 17.8. The highest BCUT2D eigenvalue weighted by Gasteiger charge is 2.46. The van der Waals surface area contributed by atoms with Crippen molar-refractivity contribution in [3.8, 4) is 11.1 Å². The second-order valence-corrected chi connectivity index (χ2v) is 13.6. The predicted octanol–water partition coefficient (Wildman–Crippen LogP) is 4.40. The Morgan fingerprint density at radius 3 is 2.44 bits per heavy atom. The number of hydroxylamine groups is 1. The molecule has 1 aliphatic heterocycles. The minimum atomic E-state index is -4.66. The average Bonchev–Trinajstić information content (AvgIpc) is 3.69. The first-order valence-electron chi connectivity index (χ1n) is 14.9. The molecular weight excluding hydrogens is 643 g/mol. The first-order valence-corrected chi connectivity index (χ1v) is 17.1. The van der Waals surface area contributed by atoms with Crippen LogP contribution in [0.4, 0.5) is 5.95 Å². The fraction of sp³-hybridized carbons (Fsp3) is 0.433. The Hall–Kier alpha value is -3.20. The summed E-state index contributed by atoms with van der Waals surface area (Å²) in [5.41, 5.74) is 3.74. The molecule has 0 bridgehead atoms. The molecule has 1 aromatic heterocycles. The molecule has 6 N–H and O–H groups in total. The fourth-order valence-electron chi connectivity index (χ4n) is 5.55. The number of sulfonamides is 1. The number of carboxylic acids is 1. The number of nitrogens with zero attached hydrogens (tertiary/aromatic N) is 1. The van der Waals surface area contributed by atoms with E-state index >= 15 is 0 Å². The number of amides is 1. The van der Waals surface area contributed by atoms with Crippen molar-refractivity contribution in [2.45, 2.75) is 74.4 Å². The van der Waals surface area contributed by atoms with Crippen molar-refractivity contribution >= 4 is 51.0 Å². The Morgan fingerprint density at radius 2 is 1.78 bits per heavy atom. The van der Waals surface area contributed by atoms with Crippen LogP contribution in [-0.4, -0.2) is 60.2 Å². The number of carboxylic acid groups (broad SMARTS) is 1. The van der Waals surface area contributed by atoms with E-state index in [-0.39, 0.29) is 35.9 Å². The van der Waals surface area contributed by atoms with Crippen LogP contribution < -0.4 is 20.8 Å². The van der Waals surface area contributed by atoms with Gasteiger partial charge in [-0.3, -0.25) is 4.79 Å². The van der Waals surface area contributed by atoms with Gasteiger partial charge in [0.1, 0.15) is 10.9 Å². The van der Waals surface area contributed by atoms with E-state index in [1.165, 1.54) is 12.1 Å². The molecule has 0 saturated carbocycles. The molecule has 1 saturated heterocycles. The second-order valence-electron chi connectivity index (χ2n) is 11.2. The lowest BCUT2D eigenvalue weighted by atomic mass is 10.0. The largest absolute Gasteiger partial charge is 0.478 e. The molecule has 1 amide bonds. The van der Waals surface area contributed by atoms with Crippen molar-refractivity contribution in [3.05, 3.63) is 63.9 Å². The summed E-state index contributed by atoms with van der Waals surface area (Å²) in [6.45, 7) is 0.821. The van der Waals surface area contributed by atoms with E-state index in [2.05, 4.69) is 30.8 Å². The van der Waals surface area contributed by atoms with Gasteiger partial charge in [0.15, 0.2) is 0 Å². The van der Waals surface area contributed by atoms with Gasteiger partial charge < -0.3 is 25.6 Å². The number of benzene rings is 2. The number of hydrogen-bond donors (Lipinski definition) is 6. The molecule has 3 aromatic rings. The zero-order chi connectivity index (χ0) is 32.0. The van der Waals surface area contributed by atoms with E-state index in [4.69, 9.17) is 28.0 Å². The Labute approximate surface area is 271 Å². The number of anilines is 1. The lowest BCUT2D eigenvalue weighted by Crippen LogP contribution is -2.67. The van der Waals surface area contributed by atoms with Gasteiger partial charge in [-0.05, 0) is 74.6 Å². The summed E-state index contributed by atoms with van der Waals surface area (Å²) in [5, 5.41) is 15.7. The summed E-state index contributed by atoms with van der Waals surface area (Å²) in [5.74, 6) is -1.59. The highest BCUT2D eigenvalue weighted by molar-refractivity contribution is 7.89. The maximum absolute atomic E-state index is 13.8. The minimum Gasteiger partial charge on any atom is -0.478 e. The number of carbonyl (C=O) groups excluding carboxylic acids is 1. The molecule has 242 valence electrons. The Balaban J connectivity index is 1.31. The van der Waals surface area contributed by atoms with Crippen molar-refractivity contribution < 1.29 is 28.0 Å². The number of fused-ring (bicyclic) bond motifs is 1. The molecule has 45 heavy (non-hydrogen) atoms. The number of aryl methyl sites for hydroxylation is 2. The molecule has 12 nitrogen and oxygen atoms in total. The van der Waals surface area contributed by atoms with E-state index in [1.54, 1.807) is 0 Å². The summed E-state index contributed by atoms with van der Waals surface area (Å²) in [4.78, 5) is 38.4. The molecule has 5 rings (SSSR count). The Morgan fingerprint density at radius 1 is 1.04 bits per heavy atom. The van der Waals surface area contributed by atoms with Crippen LogP contribution in [0.15, 0.2) is 47.4 Å². The number of nitrogens with one attached hydrogen (secondary N) is 5. The lowest BCUT2D eigenvalue weighted by molar-refractivity contribution is -0.149. The first kappa shape index (κ1) is 33.2. The SMILES string of the molecule is O=C(NC(CCCCCNc1nc2c([nH]1)CCCC2)(NS(=O)(=O)c1c(Cl)cc(-c2ccccc2)cc1Cl)C(=O)O)C1CCON1. The Bertz CT molecular complexity index is 1580. The van der Waals surface area contributed by atoms with Gasteiger partial charge in [-0.1, -0.05) is 60.0 Å². The molecule has 15 heteroatoms. The van der Waals surface area contributed by atoms with Crippen LogP contribution in [0, 0.1) is 0 Å². The van der Waals surface area contributed by atoms with E-state index in [0.29, 0.717) is 30.9 Å². The van der Waals surface area contributed by atoms with Gasteiger partial charge in [0.2, 0.25) is 27.5 Å². The average molecular weight is 680 g/mol. The number of halogens is 2. The zero-order valence-corrected chi connectivity index (χ0v) is 26.8. The van der Waals surface area contributed by atoms with E-state index < -0.39 is 38.5 Å². The number of hydrogen-bond acceptors (Lipinski definition) is 8. The van der Waals surface area contributed by atoms with Crippen LogP contribution in [0.2, 0.25) is 10.0 Å². The molecule has 0 radical (unpaired) electrons. The van der Waals surface area contributed by atoms with Crippen molar-refractivity contribution in [1.82, 2.24) is 25.5 Å². The Kier molecular flexibility index (Phi) is 10.7. The lowest BCUT2D eigenvalue weighted by Gasteiger charge is -2.32. The third-order valence-electron chi connectivity index (χ3n) is 7.91. The number of carbonyl (C=O) groups is 2. The molecule has 2 atom stereocenters. The topological polar surface area (TPSA) is 175 Å². The fourth-order valence-corrected chi connectivity index (χ4v) is 8.08. The van der Waals surface area contributed by atoms with Crippen LogP contribution in [-0.2, 0) is 37.3 Å². The summed E-state index contributed by atoms with van der Waals surface area (Å²) in [7, 11) is -4.66. The number of imidazole rings is 1. The van der Waals surface area contributed by atoms with Gasteiger partial charge in [-0.15, -0.1) is 0 Å². The smallest absolute Gasteiger partial charge is 0.345 e. The quantitative estimate of drug-likeness (QED) is 0.107. The molecule has 1 fully saturated rings. The highest BCUT2D eigenvalue weighted by Crippen LogP contribution is 2.35. The molecule has 2 aromatic carbocycles. The van der Waals surface area contributed by atoms with E-state index in [1.807, 2.05) is 30.3 Å². The van der Waals surface area contributed by atoms with E-state index in [0.717, 1.165) is 42.6 Å². The zero-order valence-electron chi connectivity index (χ0n) is 24.5. The number of rotatable bonds is 14. The molecule has 2 aliphatic rings. The molecule has 0 spiro atoms. The number of aromatic amines is 1. The highest BCUT2D eigenvalue weighted by atomic mass is 35.5. The summed E-state index contributed by atoms with van der Waals surface area (Å²) in [6.07, 6.45) is 5.72. The van der Waals surface area contributed by atoms with Crippen molar-refractivity contribution in [2.24, 2.45) is 0 Å². The third kappa shape index (κ3) is 7.97. The van der Waals surface area contributed by atoms with E-state index in [9.17, 15) is 23.1 Å². The van der Waals surface area contributed by atoms with Gasteiger partial charge >= 0.3 is 5.97 Å². The maximum atomic E-state index is 13.8. The number of aliphatic carboxylic acids is 1.